The molecule has 40 heavy (non-hydrogen) atoms. The molecule has 0 spiro atoms. The van der Waals surface area contributed by atoms with E-state index >= 15 is 0 Å². The van der Waals surface area contributed by atoms with E-state index in [4.69, 9.17) is 9.84 Å². The summed E-state index contributed by atoms with van der Waals surface area (Å²) >= 11 is 0. The lowest BCUT2D eigenvalue weighted by molar-refractivity contribution is -0.137. The number of aromatic amines is 1. The van der Waals surface area contributed by atoms with Crippen LogP contribution in [0.25, 0.3) is 23.1 Å². The van der Waals surface area contributed by atoms with Crippen molar-refractivity contribution in [2.75, 3.05) is 6.61 Å². The number of aromatic nitrogens is 5. The molecule has 0 atom stereocenters. The summed E-state index contributed by atoms with van der Waals surface area (Å²) in [6.45, 7) is 1.33. The molecule has 3 aromatic carbocycles. The van der Waals surface area contributed by atoms with E-state index in [0.717, 1.165) is 52.6 Å². The van der Waals surface area contributed by atoms with Crippen molar-refractivity contribution in [1.29, 1.82) is 0 Å². The number of carboxylic acids is 1. The zero-order valence-electron chi connectivity index (χ0n) is 22.4. The van der Waals surface area contributed by atoms with Gasteiger partial charge in [0.1, 0.15) is 5.75 Å². The SMILES string of the molecule is O=C(O)CCCn1cc(Cc2nn[nH]n2)c2c(C=Cc3ccc(OCCCCc4ccccc4)cc3)cccc21. The van der Waals surface area contributed by atoms with Crippen LogP contribution < -0.4 is 4.74 Å². The number of aliphatic carboxylic acids is 1. The van der Waals surface area contributed by atoms with Crippen LogP contribution in [0.5, 0.6) is 5.75 Å². The lowest BCUT2D eigenvalue weighted by atomic mass is 10.0. The maximum absolute atomic E-state index is 11.0. The van der Waals surface area contributed by atoms with Gasteiger partial charge in [0, 0.05) is 36.5 Å². The number of carboxylic acid groups (broad SMARTS) is 1. The molecule has 0 saturated heterocycles. The van der Waals surface area contributed by atoms with Gasteiger partial charge in [0.2, 0.25) is 0 Å². The van der Waals surface area contributed by atoms with Crippen molar-refractivity contribution < 1.29 is 14.6 Å². The Bertz CT molecular complexity index is 1540. The fourth-order valence-electron chi connectivity index (χ4n) is 4.88. The molecular weight excluding hydrogens is 502 g/mol. The van der Waals surface area contributed by atoms with Gasteiger partial charge in [-0.2, -0.15) is 5.21 Å². The Balaban J connectivity index is 1.25. The average Bonchev–Trinajstić information content (AvgIpc) is 3.61. The molecule has 2 heterocycles. The number of aryl methyl sites for hydroxylation is 2. The zero-order valence-corrected chi connectivity index (χ0v) is 22.4. The van der Waals surface area contributed by atoms with E-state index in [9.17, 15) is 4.79 Å². The van der Waals surface area contributed by atoms with E-state index < -0.39 is 5.97 Å². The summed E-state index contributed by atoms with van der Waals surface area (Å²) in [5, 5.41) is 24.6. The van der Waals surface area contributed by atoms with Gasteiger partial charge in [0.15, 0.2) is 5.82 Å². The number of ether oxygens (including phenoxy) is 1. The quantitative estimate of drug-likeness (QED) is 0.130. The standard InChI is InChI=1S/C32H33N5O3/c38-31(39)13-7-20-37-23-27(22-30-33-35-36-34-30)32-26(11-6-12-29(32)37)17-14-25-15-18-28(19-16-25)40-21-5-4-10-24-8-2-1-3-9-24/h1-3,6,8-9,11-12,14-19,23H,4-5,7,10,13,20-22H2,(H,38,39)(H,33,34,35,36). The van der Waals surface area contributed by atoms with Gasteiger partial charge in [-0.1, -0.05) is 72.0 Å². The number of H-pyrrole nitrogens is 1. The van der Waals surface area contributed by atoms with Crippen LogP contribution in [0.15, 0.2) is 79.0 Å². The molecule has 8 heteroatoms. The molecule has 0 aliphatic rings. The molecule has 0 amide bonds. The highest BCUT2D eigenvalue weighted by Gasteiger charge is 2.14. The minimum Gasteiger partial charge on any atom is -0.494 e. The van der Waals surface area contributed by atoms with E-state index in [1.165, 1.54) is 5.56 Å². The van der Waals surface area contributed by atoms with Crippen LogP contribution in [0.3, 0.4) is 0 Å². The first kappa shape index (κ1) is 26.9. The number of unbranched alkanes of at least 4 members (excludes halogenated alkanes) is 1. The number of rotatable bonds is 14. The first-order valence-electron chi connectivity index (χ1n) is 13.7. The van der Waals surface area contributed by atoms with Gasteiger partial charge in [-0.05, 0) is 66.1 Å². The molecular formula is C32H33N5O3. The fraction of sp³-hybridized carbons (Fsp3) is 0.250. The molecule has 8 nitrogen and oxygen atoms in total. The first-order valence-corrected chi connectivity index (χ1v) is 13.7. The van der Waals surface area contributed by atoms with Gasteiger partial charge in [-0.3, -0.25) is 4.79 Å². The second-order valence-corrected chi connectivity index (χ2v) is 9.78. The van der Waals surface area contributed by atoms with Crippen molar-refractivity contribution in [2.45, 2.75) is 45.1 Å². The second-order valence-electron chi connectivity index (χ2n) is 9.78. The third kappa shape index (κ3) is 7.22. The largest absolute Gasteiger partial charge is 0.494 e. The predicted octanol–water partition coefficient (Wildman–Crippen LogP) is 6.18. The van der Waals surface area contributed by atoms with Crippen molar-refractivity contribution in [3.05, 3.63) is 107 Å². The number of carbonyl (C=O) groups is 1. The number of nitrogens with zero attached hydrogens (tertiary/aromatic N) is 4. The van der Waals surface area contributed by atoms with Crippen LogP contribution in [0.2, 0.25) is 0 Å². The Kier molecular flexibility index (Phi) is 8.98. The summed E-state index contributed by atoms with van der Waals surface area (Å²) in [5.74, 6) is 0.699. The van der Waals surface area contributed by atoms with E-state index in [0.29, 0.717) is 31.8 Å². The number of benzene rings is 3. The van der Waals surface area contributed by atoms with Crippen molar-refractivity contribution in [3.8, 4) is 5.75 Å². The minimum absolute atomic E-state index is 0.132. The van der Waals surface area contributed by atoms with Crippen molar-refractivity contribution in [1.82, 2.24) is 25.2 Å². The van der Waals surface area contributed by atoms with E-state index in [1.807, 2.05) is 24.3 Å². The molecule has 5 aromatic rings. The van der Waals surface area contributed by atoms with Crippen LogP contribution in [0.1, 0.15) is 53.8 Å². The number of hydrogen-bond acceptors (Lipinski definition) is 5. The van der Waals surface area contributed by atoms with Crippen LogP contribution in [-0.4, -0.2) is 42.9 Å². The van der Waals surface area contributed by atoms with E-state index in [2.05, 4.69) is 92.1 Å². The van der Waals surface area contributed by atoms with Gasteiger partial charge in [0.25, 0.3) is 0 Å². The van der Waals surface area contributed by atoms with Gasteiger partial charge in [0.05, 0.1) is 6.61 Å². The second kappa shape index (κ2) is 13.4. The molecule has 0 saturated carbocycles. The summed E-state index contributed by atoms with van der Waals surface area (Å²) in [6.07, 6.45) is 10.7. The summed E-state index contributed by atoms with van der Waals surface area (Å²) in [7, 11) is 0. The van der Waals surface area contributed by atoms with Crippen LogP contribution in [0, 0.1) is 0 Å². The number of fused-ring (bicyclic) bond motifs is 1. The lowest BCUT2D eigenvalue weighted by Gasteiger charge is -2.07. The molecule has 0 aliphatic carbocycles. The van der Waals surface area contributed by atoms with Crippen molar-refractivity contribution >= 4 is 29.0 Å². The number of hydrogen-bond donors (Lipinski definition) is 2. The Hall–Kier alpha value is -4.72. The Morgan fingerprint density at radius 1 is 0.950 bits per heavy atom. The maximum Gasteiger partial charge on any atom is 0.303 e. The highest BCUT2D eigenvalue weighted by molar-refractivity contribution is 5.94. The molecule has 0 bridgehead atoms. The third-order valence-corrected chi connectivity index (χ3v) is 6.85. The summed E-state index contributed by atoms with van der Waals surface area (Å²) < 4.78 is 8.07. The molecule has 0 radical (unpaired) electrons. The number of tetrazole rings is 1. The smallest absolute Gasteiger partial charge is 0.303 e. The molecule has 2 aromatic heterocycles. The van der Waals surface area contributed by atoms with E-state index in [1.54, 1.807) is 0 Å². The van der Waals surface area contributed by atoms with E-state index in [-0.39, 0.29) is 6.42 Å². The maximum atomic E-state index is 11.0. The molecule has 0 unspecified atom stereocenters. The van der Waals surface area contributed by atoms with Crippen LogP contribution >= 0.6 is 0 Å². The predicted molar refractivity (Wildman–Crippen MR) is 156 cm³/mol. The molecule has 5 rings (SSSR count). The lowest BCUT2D eigenvalue weighted by Crippen LogP contribution is -2.01. The fourth-order valence-corrected chi connectivity index (χ4v) is 4.88. The van der Waals surface area contributed by atoms with Crippen molar-refractivity contribution in [3.63, 3.8) is 0 Å². The molecule has 2 N–H and O–H groups in total. The van der Waals surface area contributed by atoms with Gasteiger partial charge >= 0.3 is 5.97 Å². The zero-order chi connectivity index (χ0) is 27.6. The van der Waals surface area contributed by atoms with Crippen molar-refractivity contribution in [2.24, 2.45) is 0 Å². The summed E-state index contributed by atoms with van der Waals surface area (Å²) in [5.41, 5.74) is 5.65. The Morgan fingerprint density at radius 2 is 1.80 bits per heavy atom. The third-order valence-electron chi connectivity index (χ3n) is 6.85. The highest BCUT2D eigenvalue weighted by atomic mass is 16.5. The summed E-state index contributed by atoms with van der Waals surface area (Å²) in [4.78, 5) is 11.0. The monoisotopic (exact) mass is 535 g/mol. The molecule has 0 fully saturated rings. The number of nitrogens with one attached hydrogen (secondary N) is 1. The van der Waals surface area contributed by atoms with Gasteiger partial charge in [-0.15, -0.1) is 10.2 Å². The first-order chi connectivity index (χ1) is 19.7. The minimum atomic E-state index is -0.786. The highest BCUT2D eigenvalue weighted by Crippen LogP contribution is 2.29. The Labute approximate surface area is 233 Å². The molecule has 204 valence electrons. The normalized spacial score (nSPS) is 11.4. The summed E-state index contributed by atoms with van der Waals surface area (Å²) in [6, 6.07) is 24.9. The van der Waals surface area contributed by atoms with Crippen LogP contribution in [0.4, 0.5) is 0 Å². The topological polar surface area (TPSA) is 106 Å². The van der Waals surface area contributed by atoms with Gasteiger partial charge in [-0.25, -0.2) is 0 Å². The average molecular weight is 536 g/mol. The Morgan fingerprint density at radius 3 is 2.58 bits per heavy atom. The van der Waals surface area contributed by atoms with Crippen LogP contribution in [-0.2, 0) is 24.2 Å². The van der Waals surface area contributed by atoms with Gasteiger partial charge < -0.3 is 14.4 Å². The molecule has 0 aliphatic heterocycles.